The summed E-state index contributed by atoms with van der Waals surface area (Å²) in [6, 6.07) is 5.75. The Balaban J connectivity index is 1.85. The predicted octanol–water partition coefficient (Wildman–Crippen LogP) is 3.44. The zero-order valence-corrected chi connectivity index (χ0v) is 11.6. The maximum absolute atomic E-state index is 6.07. The van der Waals surface area contributed by atoms with Gasteiger partial charge in [-0.05, 0) is 22.0 Å². The molecule has 18 heavy (non-hydrogen) atoms. The smallest absolute Gasteiger partial charge is 0.223 e. The molecule has 0 radical (unpaired) electrons. The Bertz CT molecular complexity index is 576. The molecule has 0 saturated carbocycles. The molecule has 1 atom stereocenters. The van der Waals surface area contributed by atoms with E-state index in [1.807, 2.05) is 18.2 Å². The van der Waals surface area contributed by atoms with Gasteiger partial charge in [-0.25, -0.2) is 9.97 Å². The van der Waals surface area contributed by atoms with E-state index in [2.05, 4.69) is 31.2 Å². The third-order valence-electron chi connectivity index (χ3n) is 2.69. The molecular weight excluding hydrogens is 318 g/mol. The SMILES string of the molecule is Clc1cccc2c1OCC2Nc1ncc(Br)cn1. The van der Waals surface area contributed by atoms with E-state index in [4.69, 9.17) is 16.3 Å². The van der Waals surface area contributed by atoms with Crippen molar-refractivity contribution in [2.45, 2.75) is 6.04 Å². The summed E-state index contributed by atoms with van der Waals surface area (Å²) in [4.78, 5) is 8.36. The van der Waals surface area contributed by atoms with Crippen LogP contribution in [-0.4, -0.2) is 16.6 Å². The number of benzene rings is 1. The van der Waals surface area contributed by atoms with E-state index in [0.29, 0.717) is 17.6 Å². The zero-order chi connectivity index (χ0) is 12.5. The molecule has 1 aromatic heterocycles. The van der Waals surface area contributed by atoms with Gasteiger partial charge in [0, 0.05) is 18.0 Å². The number of fused-ring (bicyclic) bond motifs is 1. The van der Waals surface area contributed by atoms with Crippen molar-refractivity contribution in [3.05, 3.63) is 45.7 Å². The van der Waals surface area contributed by atoms with Crippen LogP contribution in [0.5, 0.6) is 5.75 Å². The summed E-state index contributed by atoms with van der Waals surface area (Å²) in [5.74, 6) is 1.31. The second kappa shape index (κ2) is 4.74. The van der Waals surface area contributed by atoms with Crippen LogP contribution in [0.4, 0.5) is 5.95 Å². The molecule has 6 heteroatoms. The van der Waals surface area contributed by atoms with Crippen molar-refractivity contribution >= 4 is 33.5 Å². The molecule has 4 nitrogen and oxygen atoms in total. The highest BCUT2D eigenvalue weighted by atomic mass is 79.9. The van der Waals surface area contributed by atoms with Gasteiger partial charge in [0.2, 0.25) is 5.95 Å². The maximum atomic E-state index is 6.07. The van der Waals surface area contributed by atoms with Crippen LogP contribution >= 0.6 is 27.5 Å². The Morgan fingerprint density at radius 1 is 1.33 bits per heavy atom. The quantitative estimate of drug-likeness (QED) is 0.918. The molecule has 1 aliphatic rings. The molecule has 2 aromatic rings. The van der Waals surface area contributed by atoms with Crippen LogP contribution in [-0.2, 0) is 0 Å². The minimum atomic E-state index is 0.0277. The Kier molecular flexibility index (Phi) is 3.09. The second-order valence-corrected chi connectivity index (χ2v) is 5.21. The van der Waals surface area contributed by atoms with Crippen LogP contribution in [0.25, 0.3) is 0 Å². The fraction of sp³-hybridized carbons (Fsp3) is 0.167. The van der Waals surface area contributed by atoms with Gasteiger partial charge in [-0.2, -0.15) is 0 Å². The number of nitrogens with zero attached hydrogens (tertiary/aromatic N) is 2. The van der Waals surface area contributed by atoms with E-state index in [0.717, 1.165) is 15.8 Å². The molecule has 0 spiro atoms. The van der Waals surface area contributed by atoms with Crippen LogP contribution in [0.15, 0.2) is 35.1 Å². The molecule has 2 heterocycles. The number of ether oxygens (including phenoxy) is 1. The van der Waals surface area contributed by atoms with Crippen LogP contribution < -0.4 is 10.1 Å². The lowest BCUT2D eigenvalue weighted by molar-refractivity contribution is 0.339. The first-order valence-electron chi connectivity index (χ1n) is 5.39. The molecule has 0 fully saturated rings. The highest BCUT2D eigenvalue weighted by molar-refractivity contribution is 9.10. The summed E-state index contributed by atoms with van der Waals surface area (Å²) in [5.41, 5.74) is 1.04. The fourth-order valence-electron chi connectivity index (χ4n) is 1.87. The highest BCUT2D eigenvalue weighted by Crippen LogP contribution is 2.39. The van der Waals surface area contributed by atoms with Crippen molar-refractivity contribution in [1.82, 2.24) is 9.97 Å². The Morgan fingerprint density at radius 3 is 2.89 bits per heavy atom. The lowest BCUT2D eigenvalue weighted by Gasteiger charge is -2.11. The number of para-hydroxylation sites is 1. The summed E-state index contributed by atoms with van der Waals surface area (Å²) in [5, 5.41) is 3.86. The zero-order valence-electron chi connectivity index (χ0n) is 9.23. The fourth-order valence-corrected chi connectivity index (χ4v) is 2.31. The first-order chi connectivity index (χ1) is 8.74. The van der Waals surface area contributed by atoms with E-state index in [9.17, 15) is 0 Å². The number of aromatic nitrogens is 2. The van der Waals surface area contributed by atoms with Crippen molar-refractivity contribution in [2.75, 3.05) is 11.9 Å². The van der Waals surface area contributed by atoms with Gasteiger partial charge in [0.25, 0.3) is 0 Å². The molecule has 1 unspecified atom stereocenters. The van der Waals surface area contributed by atoms with Crippen molar-refractivity contribution in [3.63, 3.8) is 0 Å². The molecule has 0 aliphatic carbocycles. The van der Waals surface area contributed by atoms with E-state index in [-0.39, 0.29) is 6.04 Å². The molecule has 0 saturated heterocycles. The van der Waals surface area contributed by atoms with Gasteiger partial charge in [0.1, 0.15) is 12.4 Å². The standard InChI is InChI=1S/C12H9BrClN3O/c13-7-4-15-12(16-5-7)17-10-6-18-11-8(10)2-1-3-9(11)14/h1-5,10H,6H2,(H,15,16,17). The van der Waals surface area contributed by atoms with Gasteiger partial charge >= 0.3 is 0 Å². The van der Waals surface area contributed by atoms with E-state index < -0.39 is 0 Å². The predicted molar refractivity (Wildman–Crippen MR) is 73.0 cm³/mol. The monoisotopic (exact) mass is 325 g/mol. The molecule has 0 amide bonds. The number of hydrogen-bond acceptors (Lipinski definition) is 4. The minimum absolute atomic E-state index is 0.0277. The van der Waals surface area contributed by atoms with Crippen molar-refractivity contribution in [1.29, 1.82) is 0 Å². The summed E-state index contributed by atoms with van der Waals surface area (Å²) in [7, 11) is 0. The number of anilines is 1. The van der Waals surface area contributed by atoms with Crippen LogP contribution in [0.1, 0.15) is 11.6 Å². The first kappa shape index (κ1) is 11.7. The van der Waals surface area contributed by atoms with Gasteiger partial charge in [-0.3, -0.25) is 0 Å². The lowest BCUT2D eigenvalue weighted by Crippen LogP contribution is -2.13. The summed E-state index contributed by atoms with van der Waals surface area (Å²) in [6.45, 7) is 0.526. The largest absolute Gasteiger partial charge is 0.489 e. The maximum Gasteiger partial charge on any atom is 0.223 e. The summed E-state index contributed by atoms with van der Waals surface area (Å²) >= 11 is 9.37. The van der Waals surface area contributed by atoms with Gasteiger partial charge < -0.3 is 10.1 Å². The Labute approximate surface area is 117 Å². The van der Waals surface area contributed by atoms with E-state index >= 15 is 0 Å². The molecule has 1 aromatic carbocycles. The van der Waals surface area contributed by atoms with Gasteiger partial charge in [0.05, 0.1) is 15.5 Å². The number of hydrogen-bond donors (Lipinski definition) is 1. The van der Waals surface area contributed by atoms with E-state index in [1.165, 1.54) is 0 Å². The van der Waals surface area contributed by atoms with Crippen LogP contribution in [0.2, 0.25) is 5.02 Å². The number of halogens is 2. The minimum Gasteiger partial charge on any atom is -0.489 e. The lowest BCUT2D eigenvalue weighted by atomic mass is 10.1. The third kappa shape index (κ3) is 2.15. The van der Waals surface area contributed by atoms with E-state index in [1.54, 1.807) is 12.4 Å². The average Bonchev–Trinajstić information content (AvgIpc) is 2.77. The average molecular weight is 327 g/mol. The summed E-state index contributed by atoms with van der Waals surface area (Å²) < 4.78 is 6.42. The molecule has 0 bridgehead atoms. The highest BCUT2D eigenvalue weighted by Gasteiger charge is 2.26. The van der Waals surface area contributed by atoms with Crippen molar-refractivity contribution in [3.8, 4) is 5.75 Å². The van der Waals surface area contributed by atoms with Gasteiger partial charge in [-0.15, -0.1) is 0 Å². The second-order valence-electron chi connectivity index (χ2n) is 3.89. The summed E-state index contributed by atoms with van der Waals surface area (Å²) in [6.07, 6.45) is 3.40. The van der Waals surface area contributed by atoms with Crippen molar-refractivity contribution < 1.29 is 4.74 Å². The number of nitrogens with one attached hydrogen (secondary N) is 1. The number of rotatable bonds is 2. The van der Waals surface area contributed by atoms with Crippen molar-refractivity contribution in [2.24, 2.45) is 0 Å². The van der Waals surface area contributed by atoms with Gasteiger partial charge in [-0.1, -0.05) is 23.7 Å². The molecular formula is C12H9BrClN3O. The third-order valence-corrected chi connectivity index (χ3v) is 3.40. The molecule has 92 valence electrons. The Hall–Kier alpha value is -1.33. The first-order valence-corrected chi connectivity index (χ1v) is 6.56. The van der Waals surface area contributed by atoms with Crippen LogP contribution in [0.3, 0.4) is 0 Å². The molecule has 1 aliphatic heterocycles. The molecule has 3 rings (SSSR count). The van der Waals surface area contributed by atoms with Crippen LogP contribution in [0, 0.1) is 0 Å². The topological polar surface area (TPSA) is 47.0 Å². The Morgan fingerprint density at radius 2 is 2.11 bits per heavy atom. The van der Waals surface area contributed by atoms with Gasteiger partial charge in [0.15, 0.2) is 0 Å². The molecule has 1 N–H and O–H groups in total. The normalized spacial score (nSPS) is 17.1.